The Morgan fingerprint density at radius 2 is 1.71 bits per heavy atom. The standard InChI is InChI=1S/C19H18F3N5O/c20-19(21,22)15-5-6-17(23-12-15)26-9-7-25(8-10-26)13-27-18(28)16-4-2-1-3-14(16)11-24-27/h1-6,11-12H,7-10,13H2. The molecule has 0 aliphatic carbocycles. The maximum Gasteiger partial charge on any atom is 0.417 e. The number of halogens is 3. The van der Waals surface area contributed by atoms with Crippen molar-refractivity contribution in [1.29, 1.82) is 0 Å². The highest BCUT2D eigenvalue weighted by Gasteiger charge is 2.31. The van der Waals surface area contributed by atoms with Crippen LogP contribution in [-0.2, 0) is 12.8 Å². The molecule has 0 N–H and O–H groups in total. The first-order valence-corrected chi connectivity index (χ1v) is 8.87. The Labute approximate surface area is 158 Å². The Balaban J connectivity index is 1.41. The first-order valence-electron chi connectivity index (χ1n) is 8.87. The Morgan fingerprint density at radius 3 is 2.39 bits per heavy atom. The Bertz CT molecular complexity index is 1020. The van der Waals surface area contributed by atoms with Crippen LogP contribution in [-0.4, -0.2) is 45.8 Å². The lowest BCUT2D eigenvalue weighted by atomic mass is 10.2. The van der Waals surface area contributed by atoms with Crippen molar-refractivity contribution in [2.24, 2.45) is 0 Å². The van der Waals surface area contributed by atoms with Gasteiger partial charge in [-0.3, -0.25) is 9.69 Å². The second-order valence-corrected chi connectivity index (χ2v) is 6.69. The van der Waals surface area contributed by atoms with Crippen molar-refractivity contribution in [3.8, 4) is 0 Å². The molecule has 0 saturated carbocycles. The van der Waals surface area contributed by atoms with Gasteiger partial charge in [0, 0.05) is 37.8 Å². The van der Waals surface area contributed by atoms with Gasteiger partial charge in [-0.25, -0.2) is 9.67 Å². The van der Waals surface area contributed by atoms with Crippen molar-refractivity contribution >= 4 is 16.6 Å². The van der Waals surface area contributed by atoms with Crippen LogP contribution in [0.25, 0.3) is 10.8 Å². The largest absolute Gasteiger partial charge is 0.417 e. The van der Waals surface area contributed by atoms with Gasteiger partial charge in [-0.15, -0.1) is 0 Å². The van der Waals surface area contributed by atoms with Crippen LogP contribution in [0.4, 0.5) is 19.0 Å². The van der Waals surface area contributed by atoms with Gasteiger partial charge in [0.05, 0.1) is 23.8 Å². The third-order valence-electron chi connectivity index (χ3n) is 4.87. The summed E-state index contributed by atoms with van der Waals surface area (Å²) in [5.41, 5.74) is -0.887. The number of alkyl halides is 3. The van der Waals surface area contributed by atoms with Gasteiger partial charge in [-0.2, -0.15) is 18.3 Å². The maximum absolute atomic E-state index is 12.7. The number of nitrogens with zero attached hydrogens (tertiary/aromatic N) is 5. The quantitative estimate of drug-likeness (QED) is 0.689. The van der Waals surface area contributed by atoms with Crippen LogP contribution >= 0.6 is 0 Å². The van der Waals surface area contributed by atoms with Crippen molar-refractivity contribution in [3.63, 3.8) is 0 Å². The van der Waals surface area contributed by atoms with Gasteiger partial charge < -0.3 is 4.90 Å². The third-order valence-corrected chi connectivity index (χ3v) is 4.87. The molecule has 0 atom stereocenters. The van der Waals surface area contributed by atoms with Gasteiger partial charge in [0.2, 0.25) is 0 Å². The molecule has 2 aromatic heterocycles. The molecular weight excluding hydrogens is 371 g/mol. The van der Waals surface area contributed by atoms with Crippen LogP contribution in [0.2, 0.25) is 0 Å². The lowest BCUT2D eigenvalue weighted by molar-refractivity contribution is -0.137. The second-order valence-electron chi connectivity index (χ2n) is 6.69. The molecule has 1 fully saturated rings. The SMILES string of the molecule is O=c1c2ccccc2cnn1CN1CCN(c2ccc(C(F)(F)F)cn2)CC1. The summed E-state index contributed by atoms with van der Waals surface area (Å²) in [5, 5.41) is 5.68. The zero-order valence-corrected chi connectivity index (χ0v) is 14.9. The van der Waals surface area contributed by atoms with E-state index in [1.54, 1.807) is 12.3 Å². The summed E-state index contributed by atoms with van der Waals surface area (Å²) in [7, 11) is 0. The second kappa shape index (κ2) is 7.23. The zero-order chi connectivity index (χ0) is 19.7. The molecule has 9 heteroatoms. The molecule has 4 rings (SSSR count). The summed E-state index contributed by atoms with van der Waals surface area (Å²) in [6, 6.07) is 9.77. The summed E-state index contributed by atoms with van der Waals surface area (Å²) in [4.78, 5) is 20.5. The molecule has 0 amide bonds. The lowest BCUT2D eigenvalue weighted by Gasteiger charge is -2.35. The molecule has 0 radical (unpaired) electrons. The van der Waals surface area contributed by atoms with E-state index < -0.39 is 11.7 Å². The highest BCUT2D eigenvalue weighted by Crippen LogP contribution is 2.29. The highest BCUT2D eigenvalue weighted by atomic mass is 19.4. The summed E-state index contributed by atoms with van der Waals surface area (Å²) in [5.74, 6) is 0.522. The molecule has 0 spiro atoms. The van der Waals surface area contributed by atoms with E-state index in [4.69, 9.17) is 0 Å². The van der Waals surface area contributed by atoms with Gasteiger partial charge in [0.1, 0.15) is 5.82 Å². The fourth-order valence-corrected chi connectivity index (χ4v) is 3.28. The van der Waals surface area contributed by atoms with E-state index in [1.165, 1.54) is 10.7 Å². The fraction of sp³-hybridized carbons (Fsp3) is 0.316. The number of piperazine rings is 1. The Hall–Kier alpha value is -2.94. The number of fused-ring (bicyclic) bond motifs is 1. The van der Waals surface area contributed by atoms with Crippen molar-refractivity contribution in [3.05, 3.63) is 64.7 Å². The van der Waals surface area contributed by atoms with Gasteiger partial charge >= 0.3 is 6.18 Å². The topological polar surface area (TPSA) is 54.3 Å². The predicted molar refractivity (Wildman–Crippen MR) is 99.0 cm³/mol. The average Bonchev–Trinajstić information content (AvgIpc) is 2.70. The minimum absolute atomic E-state index is 0.134. The number of hydrogen-bond acceptors (Lipinski definition) is 5. The van der Waals surface area contributed by atoms with E-state index in [-0.39, 0.29) is 5.56 Å². The minimum atomic E-state index is -4.38. The summed E-state index contributed by atoms with van der Waals surface area (Å²) in [6.07, 6.45) is -1.84. The molecule has 3 heterocycles. The first kappa shape index (κ1) is 18.4. The van der Waals surface area contributed by atoms with Gasteiger partial charge in [-0.05, 0) is 18.2 Å². The monoisotopic (exact) mass is 389 g/mol. The third kappa shape index (κ3) is 3.70. The molecule has 6 nitrogen and oxygen atoms in total. The smallest absolute Gasteiger partial charge is 0.354 e. The van der Waals surface area contributed by atoms with Crippen LogP contribution in [0.15, 0.2) is 53.6 Å². The van der Waals surface area contributed by atoms with E-state index in [2.05, 4.69) is 15.0 Å². The van der Waals surface area contributed by atoms with Crippen LogP contribution in [0.3, 0.4) is 0 Å². The molecule has 28 heavy (non-hydrogen) atoms. The molecule has 1 saturated heterocycles. The Kier molecular flexibility index (Phi) is 4.76. The normalized spacial score (nSPS) is 15.9. The summed E-state index contributed by atoms with van der Waals surface area (Å²) >= 11 is 0. The van der Waals surface area contributed by atoms with E-state index in [9.17, 15) is 18.0 Å². The highest BCUT2D eigenvalue weighted by molar-refractivity contribution is 5.80. The van der Waals surface area contributed by atoms with E-state index in [0.717, 1.165) is 17.6 Å². The molecule has 3 aromatic rings. The van der Waals surface area contributed by atoms with E-state index >= 15 is 0 Å². The number of anilines is 1. The Morgan fingerprint density at radius 1 is 0.964 bits per heavy atom. The van der Waals surface area contributed by atoms with Crippen molar-refractivity contribution in [1.82, 2.24) is 19.7 Å². The molecule has 1 aliphatic heterocycles. The number of aromatic nitrogens is 3. The number of pyridine rings is 1. The fourth-order valence-electron chi connectivity index (χ4n) is 3.28. The predicted octanol–water partition coefficient (Wildman–Crippen LogP) is 2.59. The average molecular weight is 389 g/mol. The maximum atomic E-state index is 12.7. The van der Waals surface area contributed by atoms with Crippen molar-refractivity contribution in [2.75, 3.05) is 31.1 Å². The lowest BCUT2D eigenvalue weighted by Crippen LogP contribution is -2.48. The molecule has 1 aromatic carbocycles. The van der Waals surface area contributed by atoms with Crippen LogP contribution in [0.5, 0.6) is 0 Å². The van der Waals surface area contributed by atoms with Crippen LogP contribution in [0.1, 0.15) is 5.56 Å². The number of hydrogen-bond donors (Lipinski definition) is 0. The number of rotatable bonds is 3. The van der Waals surface area contributed by atoms with Gasteiger partial charge in [-0.1, -0.05) is 18.2 Å². The van der Waals surface area contributed by atoms with Crippen LogP contribution in [0, 0.1) is 0 Å². The molecule has 1 aliphatic rings. The van der Waals surface area contributed by atoms with Gasteiger partial charge in [0.15, 0.2) is 0 Å². The van der Waals surface area contributed by atoms with Crippen molar-refractivity contribution in [2.45, 2.75) is 12.8 Å². The van der Waals surface area contributed by atoms with Gasteiger partial charge in [0.25, 0.3) is 5.56 Å². The first-order chi connectivity index (χ1) is 13.4. The van der Waals surface area contributed by atoms with E-state index in [0.29, 0.717) is 44.1 Å². The van der Waals surface area contributed by atoms with Crippen molar-refractivity contribution < 1.29 is 13.2 Å². The molecular formula is C19H18F3N5O. The summed E-state index contributed by atoms with van der Waals surface area (Å²) < 4.78 is 39.4. The molecule has 0 unspecified atom stereocenters. The zero-order valence-electron chi connectivity index (χ0n) is 14.9. The van der Waals surface area contributed by atoms with E-state index in [1.807, 2.05) is 23.1 Å². The van der Waals surface area contributed by atoms with Crippen LogP contribution < -0.4 is 10.5 Å². The minimum Gasteiger partial charge on any atom is -0.354 e. The number of benzene rings is 1. The molecule has 0 bridgehead atoms. The molecule has 146 valence electrons. The summed E-state index contributed by atoms with van der Waals surface area (Å²) in [6.45, 7) is 2.91.